The van der Waals surface area contributed by atoms with Crippen LogP contribution >= 0.6 is 34.3 Å². The Bertz CT molecular complexity index is 1520. The van der Waals surface area contributed by atoms with Crippen LogP contribution in [0.1, 0.15) is 57.3 Å². The lowest BCUT2D eigenvalue weighted by Gasteiger charge is -2.24. The number of aryl methyl sites for hydroxylation is 2. The van der Waals surface area contributed by atoms with Gasteiger partial charge in [-0.3, -0.25) is 14.5 Å². The summed E-state index contributed by atoms with van der Waals surface area (Å²) in [6, 6.07) is 12.3. The minimum absolute atomic E-state index is 0.0383. The van der Waals surface area contributed by atoms with Gasteiger partial charge in [0.15, 0.2) is 10.9 Å². The highest BCUT2D eigenvalue weighted by Gasteiger charge is 2.46. The van der Waals surface area contributed by atoms with E-state index in [-0.39, 0.29) is 5.57 Å². The van der Waals surface area contributed by atoms with Crippen molar-refractivity contribution in [2.24, 2.45) is 0 Å². The zero-order valence-electron chi connectivity index (χ0n) is 19.5. The number of ketones is 1. The number of hydrogen-bond donors (Lipinski definition) is 1. The lowest BCUT2D eigenvalue weighted by atomic mass is 9.93. The summed E-state index contributed by atoms with van der Waals surface area (Å²) in [5.41, 5.74) is 3.15. The second-order valence-corrected chi connectivity index (χ2v) is 11.4. The first-order valence-corrected chi connectivity index (χ1v) is 13.1. The highest BCUT2D eigenvalue weighted by Crippen LogP contribution is 2.45. The summed E-state index contributed by atoms with van der Waals surface area (Å²) in [7, 11) is 0. The van der Waals surface area contributed by atoms with Gasteiger partial charge in [-0.2, -0.15) is 0 Å². The van der Waals surface area contributed by atoms with E-state index in [1.165, 1.54) is 27.6 Å². The second kappa shape index (κ2) is 8.86. The average molecular weight is 524 g/mol. The van der Waals surface area contributed by atoms with Crippen LogP contribution in [0, 0.1) is 13.8 Å². The van der Waals surface area contributed by atoms with Gasteiger partial charge in [-0.15, -0.1) is 11.3 Å². The first-order valence-electron chi connectivity index (χ1n) is 11.1. The molecule has 3 heterocycles. The third-order valence-corrected chi connectivity index (χ3v) is 8.35. The van der Waals surface area contributed by atoms with Crippen molar-refractivity contribution >= 4 is 61.3 Å². The first-order chi connectivity index (χ1) is 16.7. The van der Waals surface area contributed by atoms with Gasteiger partial charge in [0.1, 0.15) is 0 Å². The fraction of sp³-hybridized carbons (Fsp3) is 0.231. The Labute approximate surface area is 215 Å². The summed E-state index contributed by atoms with van der Waals surface area (Å²) in [5, 5.41) is 12.7. The number of rotatable bonds is 5. The Balaban J connectivity index is 1.68. The number of aromatic nitrogens is 2. The lowest BCUT2D eigenvalue weighted by Crippen LogP contribution is -2.31. The van der Waals surface area contributed by atoms with Gasteiger partial charge in [-0.1, -0.05) is 61.1 Å². The summed E-state index contributed by atoms with van der Waals surface area (Å²) >= 11 is 8.70. The molecule has 0 spiro atoms. The second-order valence-electron chi connectivity index (χ2n) is 8.75. The highest BCUT2D eigenvalue weighted by atomic mass is 35.5. The zero-order valence-corrected chi connectivity index (χ0v) is 21.9. The SMILES string of the molecule is Cc1nc(C)c(C(=O)C2=C(O)C(=O)N(c3nc4ccc(Cl)cc4s3)C2c2ccc(C(C)C)cc2)s1. The number of anilines is 1. The number of aliphatic hydroxyl groups is 1. The molecule has 35 heavy (non-hydrogen) atoms. The van der Waals surface area contributed by atoms with Gasteiger partial charge in [0.25, 0.3) is 5.91 Å². The fourth-order valence-electron chi connectivity index (χ4n) is 4.27. The van der Waals surface area contributed by atoms with Gasteiger partial charge >= 0.3 is 0 Å². The van der Waals surface area contributed by atoms with Crippen molar-refractivity contribution in [1.29, 1.82) is 0 Å². The van der Waals surface area contributed by atoms with Gasteiger partial charge in [0.2, 0.25) is 5.78 Å². The van der Waals surface area contributed by atoms with E-state index in [0.29, 0.717) is 37.7 Å². The summed E-state index contributed by atoms with van der Waals surface area (Å²) in [6.45, 7) is 7.78. The van der Waals surface area contributed by atoms with Gasteiger partial charge in [-0.05, 0) is 49.1 Å². The smallest absolute Gasteiger partial charge is 0.296 e. The van der Waals surface area contributed by atoms with Gasteiger partial charge in [-0.25, -0.2) is 9.97 Å². The molecule has 1 atom stereocenters. The largest absolute Gasteiger partial charge is 0.503 e. The van der Waals surface area contributed by atoms with Gasteiger partial charge in [0.05, 0.1) is 37.4 Å². The normalized spacial score (nSPS) is 16.2. The average Bonchev–Trinajstić information content (AvgIpc) is 3.46. The van der Waals surface area contributed by atoms with Crippen LogP contribution in [0.25, 0.3) is 10.2 Å². The molecule has 0 saturated carbocycles. The Morgan fingerprint density at radius 1 is 1.09 bits per heavy atom. The molecule has 5 rings (SSSR count). The van der Waals surface area contributed by atoms with Gasteiger partial charge in [0, 0.05) is 5.02 Å². The topological polar surface area (TPSA) is 83.4 Å². The maximum Gasteiger partial charge on any atom is 0.296 e. The molecule has 4 aromatic rings. The predicted molar refractivity (Wildman–Crippen MR) is 141 cm³/mol. The summed E-state index contributed by atoms with van der Waals surface area (Å²) in [4.78, 5) is 38.0. The third-order valence-electron chi connectivity index (χ3n) is 6.03. The molecule has 1 aliphatic heterocycles. The van der Waals surface area contributed by atoms with Crippen LogP contribution in [0.5, 0.6) is 0 Å². The standard InChI is InChI=1S/C26H22ClN3O3S2/c1-12(2)15-5-7-16(8-6-15)21-20(22(31)24-13(3)28-14(4)34-24)23(32)25(33)30(21)26-29-18-10-9-17(27)11-19(18)35-26/h5-12,21,32H,1-4H3. The molecule has 9 heteroatoms. The number of nitrogens with zero attached hydrogens (tertiary/aromatic N) is 3. The van der Waals surface area contributed by atoms with Gasteiger partial charge < -0.3 is 5.11 Å². The number of fused-ring (bicyclic) bond motifs is 1. The number of benzene rings is 2. The molecule has 2 aromatic carbocycles. The Hall–Kier alpha value is -3.07. The van der Waals surface area contributed by atoms with Crippen molar-refractivity contribution in [3.63, 3.8) is 0 Å². The molecule has 0 radical (unpaired) electrons. The number of carbonyl (C=O) groups excluding carboxylic acids is 2. The number of hydrogen-bond acceptors (Lipinski definition) is 7. The van der Waals surface area contributed by atoms with Crippen molar-refractivity contribution in [2.75, 3.05) is 4.90 Å². The highest BCUT2D eigenvalue weighted by molar-refractivity contribution is 7.22. The predicted octanol–water partition coefficient (Wildman–Crippen LogP) is 6.93. The molecular formula is C26H22ClN3O3S2. The molecule has 1 amide bonds. The summed E-state index contributed by atoms with van der Waals surface area (Å²) in [5.74, 6) is -1.29. The number of aliphatic hydroxyl groups excluding tert-OH is 1. The van der Waals surface area contributed by atoms with E-state index in [0.717, 1.165) is 15.3 Å². The molecule has 178 valence electrons. The number of Topliss-reactive ketones (excluding diaryl/α,β-unsaturated/α-hetero) is 1. The third kappa shape index (κ3) is 4.05. The quantitative estimate of drug-likeness (QED) is 0.287. The molecule has 2 aromatic heterocycles. The van der Waals surface area contributed by atoms with E-state index in [2.05, 4.69) is 23.8 Å². The van der Waals surface area contributed by atoms with Crippen LogP contribution in [0.15, 0.2) is 53.8 Å². The van der Waals surface area contributed by atoms with Crippen molar-refractivity contribution in [3.8, 4) is 0 Å². The van der Waals surface area contributed by atoms with Crippen LogP contribution < -0.4 is 4.90 Å². The number of thiazole rings is 2. The fourth-order valence-corrected chi connectivity index (χ4v) is 6.41. The monoisotopic (exact) mass is 523 g/mol. The maximum atomic E-state index is 13.7. The minimum Gasteiger partial charge on any atom is -0.503 e. The molecule has 1 N–H and O–H groups in total. The molecule has 0 bridgehead atoms. The van der Waals surface area contributed by atoms with E-state index in [4.69, 9.17) is 11.6 Å². The van der Waals surface area contributed by atoms with Crippen molar-refractivity contribution in [1.82, 2.24) is 9.97 Å². The minimum atomic E-state index is -0.825. The Morgan fingerprint density at radius 3 is 2.43 bits per heavy atom. The van der Waals surface area contributed by atoms with E-state index in [9.17, 15) is 14.7 Å². The number of halogens is 1. The van der Waals surface area contributed by atoms with E-state index in [1.54, 1.807) is 25.1 Å². The van der Waals surface area contributed by atoms with Crippen LogP contribution in [0.3, 0.4) is 0 Å². The molecule has 6 nitrogen and oxygen atoms in total. The number of amides is 1. The van der Waals surface area contributed by atoms with Crippen LogP contribution in [-0.2, 0) is 4.79 Å². The molecule has 1 unspecified atom stereocenters. The van der Waals surface area contributed by atoms with E-state index >= 15 is 0 Å². The molecule has 1 aliphatic rings. The summed E-state index contributed by atoms with van der Waals surface area (Å²) in [6.07, 6.45) is 0. The Kier molecular flexibility index (Phi) is 5.99. The van der Waals surface area contributed by atoms with Crippen molar-refractivity contribution in [2.45, 2.75) is 39.7 Å². The van der Waals surface area contributed by atoms with Crippen LogP contribution in [0.4, 0.5) is 5.13 Å². The number of carbonyl (C=O) groups is 2. The molecule has 0 aliphatic carbocycles. The first kappa shape index (κ1) is 23.7. The maximum absolute atomic E-state index is 13.7. The van der Waals surface area contributed by atoms with Crippen molar-refractivity contribution < 1.29 is 14.7 Å². The van der Waals surface area contributed by atoms with E-state index < -0.39 is 23.5 Å². The molecule has 0 fully saturated rings. The summed E-state index contributed by atoms with van der Waals surface area (Å²) < 4.78 is 0.808. The molecular weight excluding hydrogens is 502 g/mol. The van der Waals surface area contributed by atoms with Crippen LogP contribution in [-0.4, -0.2) is 26.8 Å². The van der Waals surface area contributed by atoms with E-state index in [1.807, 2.05) is 31.2 Å². The van der Waals surface area contributed by atoms with Crippen LogP contribution in [0.2, 0.25) is 5.02 Å². The van der Waals surface area contributed by atoms with Crippen molar-refractivity contribution in [3.05, 3.63) is 85.5 Å². The zero-order chi connectivity index (χ0) is 25.0. The lowest BCUT2D eigenvalue weighted by molar-refractivity contribution is -0.117. The Morgan fingerprint density at radius 2 is 1.80 bits per heavy atom. The molecule has 0 saturated heterocycles.